The number of aromatic nitrogens is 3. The topological polar surface area (TPSA) is 112 Å². The first-order valence-electron chi connectivity index (χ1n) is 12.2. The Kier molecular flexibility index (Phi) is 6.86. The Morgan fingerprint density at radius 2 is 2.03 bits per heavy atom. The zero-order valence-electron chi connectivity index (χ0n) is 20.8. The second kappa shape index (κ2) is 9.56. The van der Waals surface area contributed by atoms with Gasteiger partial charge in [0.15, 0.2) is 11.6 Å². The minimum atomic E-state index is -0.947. The lowest BCUT2D eigenvalue weighted by molar-refractivity contribution is -0.132. The van der Waals surface area contributed by atoms with Crippen LogP contribution in [0.3, 0.4) is 0 Å². The molecule has 35 heavy (non-hydrogen) atoms. The lowest BCUT2D eigenvalue weighted by atomic mass is 9.72. The molecule has 2 amide bonds. The molecular weight excluding hydrogens is 451 g/mol. The molecule has 0 aromatic carbocycles. The molecule has 3 unspecified atom stereocenters. The van der Waals surface area contributed by atoms with Gasteiger partial charge in [-0.15, -0.1) is 0 Å². The highest BCUT2D eigenvalue weighted by molar-refractivity contribution is 5.87. The molecule has 1 aliphatic heterocycles. The Morgan fingerprint density at radius 3 is 2.57 bits per heavy atom. The summed E-state index contributed by atoms with van der Waals surface area (Å²) in [5.74, 6) is 0.491. The minimum absolute atomic E-state index is 0.122. The highest BCUT2D eigenvalue weighted by atomic mass is 19.1. The van der Waals surface area contributed by atoms with Crippen molar-refractivity contribution in [1.29, 1.82) is 0 Å². The van der Waals surface area contributed by atoms with E-state index in [-0.39, 0.29) is 23.4 Å². The van der Waals surface area contributed by atoms with Crippen LogP contribution in [0.15, 0.2) is 30.7 Å². The highest BCUT2D eigenvalue weighted by Crippen LogP contribution is 2.38. The molecule has 3 N–H and O–H groups in total. The van der Waals surface area contributed by atoms with Gasteiger partial charge in [-0.2, -0.15) is 5.10 Å². The summed E-state index contributed by atoms with van der Waals surface area (Å²) in [6.45, 7) is 9.00. The average Bonchev–Trinajstić information content (AvgIpc) is 3.55. The molecule has 1 saturated carbocycles. The van der Waals surface area contributed by atoms with E-state index in [4.69, 9.17) is 0 Å². The van der Waals surface area contributed by atoms with Crippen LogP contribution in [0, 0.1) is 17.2 Å². The van der Waals surface area contributed by atoms with Gasteiger partial charge in [0.25, 0.3) is 0 Å². The van der Waals surface area contributed by atoms with Gasteiger partial charge in [0.2, 0.25) is 5.91 Å². The second-order valence-electron chi connectivity index (χ2n) is 11.0. The fourth-order valence-electron chi connectivity index (χ4n) is 4.75. The van der Waals surface area contributed by atoms with Crippen molar-refractivity contribution in [3.8, 4) is 5.82 Å². The lowest BCUT2D eigenvalue weighted by Gasteiger charge is -2.49. The van der Waals surface area contributed by atoms with Crippen LogP contribution in [-0.4, -0.2) is 61.4 Å². The van der Waals surface area contributed by atoms with Gasteiger partial charge in [0.1, 0.15) is 5.54 Å². The van der Waals surface area contributed by atoms with Gasteiger partial charge in [-0.05, 0) is 62.1 Å². The minimum Gasteiger partial charge on any atom is -0.465 e. The molecule has 3 heterocycles. The molecule has 9 nitrogen and oxygen atoms in total. The lowest BCUT2D eigenvalue weighted by Crippen LogP contribution is -2.67. The number of hydrogen-bond donors (Lipinski definition) is 3. The average molecular weight is 487 g/mol. The summed E-state index contributed by atoms with van der Waals surface area (Å²) in [5.41, 5.74) is -0.355. The number of amides is 2. The fraction of sp³-hybridized carbons (Fsp3) is 0.600. The molecule has 2 fully saturated rings. The van der Waals surface area contributed by atoms with Gasteiger partial charge in [0, 0.05) is 18.8 Å². The molecule has 1 saturated heterocycles. The monoisotopic (exact) mass is 486 g/mol. The summed E-state index contributed by atoms with van der Waals surface area (Å²) in [6.07, 6.45) is 6.21. The highest BCUT2D eigenvalue weighted by Gasteiger charge is 2.50. The molecule has 3 atom stereocenters. The summed E-state index contributed by atoms with van der Waals surface area (Å²) in [6, 6.07) is 2.95. The van der Waals surface area contributed by atoms with Gasteiger partial charge < -0.3 is 20.6 Å². The van der Waals surface area contributed by atoms with Gasteiger partial charge in [-0.3, -0.25) is 4.79 Å². The van der Waals surface area contributed by atoms with Crippen LogP contribution in [-0.2, 0) is 4.79 Å². The number of nitrogens with zero attached hydrogens (tertiary/aromatic N) is 4. The quantitative estimate of drug-likeness (QED) is 0.552. The van der Waals surface area contributed by atoms with Crippen LogP contribution in [0.5, 0.6) is 0 Å². The molecule has 4 rings (SSSR count). The van der Waals surface area contributed by atoms with Crippen molar-refractivity contribution in [3.05, 3.63) is 42.1 Å². The van der Waals surface area contributed by atoms with Crippen LogP contribution >= 0.6 is 0 Å². The van der Waals surface area contributed by atoms with Gasteiger partial charge in [-0.1, -0.05) is 26.8 Å². The van der Waals surface area contributed by atoms with E-state index in [0.29, 0.717) is 31.1 Å². The van der Waals surface area contributed by atoms with Crippen molar-refractivity contribution in [2.24, 2.45) is 11.3 Å². The number of likely N-dealkylation sites (tertiary alicyclic amines) is 1. The van der Waals surface area contributed by atoms with Gasteiger partial charge in [0.05, 0.1) is 18.4 Å². The molecule has 10 heteroatoms. The van der Waals surface area contributed by atoms with E-state index in [0.717, 1.165) is 31.1 Å². The van der Waals surface area contributed by atoms with Gasteiger partial charge in [-0.25, -0.2) is 18.9 Å². The van der Waals surface area contributed by atoms with Crippen molar-refractivity contribution in [3.63, 3.8) is 0 Å². The molecule has 0 bridgehead atoms. The maximum absolute atomic E-state index is 13.8. The number of carboxylic acid groups (broad SMARTS) is 1. The number of rotatable bonds is 7. The number of piperidine rings is 1. The molecule has 1 aliphatic carbocycles. The third-order valence-corrected chi connectivity index (χ3v) is 7.21. The molecule has 2 aliphatic rings. The van der Waals surface area contributed by atoms with Crippen molar-refractivity contribution in [1.82, 2.24) is 30.3 Å². The van der Waals surface area contributed by atoms with E-state index in [9.17, 15) is 19.1 Å². The van der Waals surface area contributed by atoms with Crippen molar-refractivity contribution in [2.75, 3.05) is 13.1 Å². The molecule has 2 aromatic heterocycles. The predicted octanol–water partition coefficient (Wildman–Crippen LogP) is 3.51. The largest absolute Gasteiger partial charge is 0.465 e. The van der Waals surface area contributed by atoms with Crippen molar-refractivity contribution in [2.45, 2.75) is 71.0 Å². The second-order valence-corrected chi connectivity index (χ2v) is 11.0. The molecule has 0 spiro atoms. The smallest absolute Gasteiger partial charge is 0.407 e. The Hall–Kier alpha value is -3.01. The number of carbonyl (C=O) groups excluding carboxylic acids is 1. The Labute approximate surface area is 205 Å². The standard InChI is InChI=1S/C25H35FN6O3/c1-16(18-7-8-21(27-13-18)32-15-19(26)14-29-32)30-22(33)25(28-12-17-5-6-17)9-10-31(23(34)35)20(11-25)24(2,3)4/h7-8,13-17,20,28H,5-6,9-12H2,1-4H3,(H,30,33)(H,34,35). The summed E-state index contributed by atoms with van der Waals surface area (Å²) in [5, 5.41) is 20.4. The van der Waals surface area contributed by atoms with Crippen LogP contribution in [0.1, 0.15) is 65.0 Å². The first kappa shape index (κ1) is 25.1. The predicted molar refractivity (Wildman–Crippen MR) is 129 cm³/mol. The maximum atomic E-state index is 13.8. The van der Waals surface area contributed by atoms with Crippen LogP contribution < -0.4 is 10.6 Å². The summed E-state index contributed by atoms with van der Waals surface area (Å²) in [7, 11) is 0. The Morgan fingerprint density at radius 1 is 1.29 bits per heavy atom. The molecule has 2 aromatic rings. The van der Waals surface area contributed by atoms with Crippen molar-refractivity contribution >= 4 is 12.0 Å². The van der Waals surface area contributed by atoms with Crippen molar-refractivity contribution < 1.29 is 19.1 Å². The van der Waals surface area contributed by atoms with E-state index in [1.54, 1.807) is 12.3 Å². The summed E-state index contributed by atoms with van der Waals surface area (Å²) in [4.78, 5) is 31.5. The number of carbonyl (C=O) groups is 2. The van der Waals surface area contributed by atoms with Gasteiger partial charge >= 0.3 is 6.09 Å². The first-order chi connectivity index (χ1) is 16.5. The molecule has 0 radical (unpaired) electrons. The molecule has 190 valence electrons. The third kappa shape index (κ3) is 5.63. The number of halogens is 1. The van der Waals surface area contributed by atoms with E-state index in [1.165, 1.54) is 15.8 Å². The number of nitrogens with one attached hydrogen (secondary N) is 2. The normalized spacial score (nSPS) is 23.7. The fourth-order valence-corrected chi connectivity index (χ4v) is 4.75. The van der Waals surface area contributed by atoms with Crippen LogP contribution in [0.4, 0.5) is 9.18 Å². The zero-order valence-corrected chi connectivity index (χ0v) is 20.8. The number of hydrogen-bond acceptors (Lipinski definition) is 5. The van der Waals surface area contributed by atoms with Crippen LogP contribution in [0.2, 0.25) is 0 Å². The maximum Gasteiger partial charge on any atom is 0.407 e. The van der Waals surface area contributed by atoms with E-state index < -0.39 is 17.4 Å². The Balaban J connectivity index is 1.51. The van der Waals surface area contributed by atoms with E-state index in [1.807, 2.05) is 33.8 Å². The zero-order chi connectivity index (χ0) is 25.4. The van der Waals surface area contributed by atoms with Crippen LogP contribution in [0.25, 0.3) is 5.82 Å². The summed E-state index contributed by atoms with van der Waals surface area (Å²) < 4.78 is 14.6. The number of pyridine rings is 1. The van der Waals surface area contributed by atoms with E-state index >= 15 is 0 Å². The SMILES string of the molecule is CC(NC(=O)C1(NCC2CC2)CCN(C(=O)O)C(C(C)(C)C)C1)c1ccc(-n2cc(F)cn2)nc1. The third-order valence-electron chi connectivity index (χ3n) is 7.21. The van der Waals surface area contributed by atoms with E-state index in [2.05, 4.69) is 20.7 Å². The Bertz CT molecular complexity index is 1060. The first-order valence-corrected chi connectivity index (χ1v) is 12.2. The molecular formula is C25H35FN6O3. The summed E-state index contributed by atoms with van der Waals surface area (Å²) >= 11 is 0.